The van der Waals surface area contributed by atoms with Crippen molar-refractivity contribution < 1.29 is 0 Å². The Labute approximate surface area is 95.6 Å². The van der Waals surface area contributed by atoms with E-state index in [1.165, 1.54) is 0 Å². The van der Waals surface area contributed by atoms with Crippen LogP contribution in [0.3, 0.4) is 0 Å². The van der Waals surface area contributed by atoms with E-state index < -0.39 is 0 Å². The molecule has 0 aromatic carbocycles. The number of nitrogens with zero attached hydrogens (tertiary/aromatic N) is 2. The van der Waals surface area contributed by atoms with E-state index in [9.17, 15) is 0 Å². The molecule has 0 radical (unpaired) electrons. The predicted octanol–water partition coefficient (Wildman–Crippen LogP) is 2.50. The number of halogens is 1. The van der Waals surface area contributed by atoms with Crippen LogP contribution in [0.4, 0.5) is 0 Å². The van der Waals surface area contributed by atoms with Crippen molar-refractivity contribution >= 4 is 11.6 Å². The van der Waals surface area contributed by atoms with Gasteiger partial charge in [0.05, 0.1) is 5.69 Å². The van der Waals surface area contributed by atoms with E-state index in [0.717, 1.165) is 36.1 Å². The van der Waals surface area contributed by atoms with Crippen LogP contribution >= 0.6 is 11.6 Å². The summed E-state index contributed by atoms with van der Waals surface area (Å²) >= 11 is 6.32. The smallest absolute Gasteiger partial charge is 0.132 e. The number of hydrogen-bond acceptors (Lipinski definition) is 2. The summed E-state index contributed by atoms with van der Waals surface area (Å²) in [5.41, 5.74) is 6.78. The quantitative estimate of drug-likeness (QED) is 0.844. The fourth-order valence-electron chi connectivity index (χ4n) is 2.21. The Morgan fingerprint density at radius 2 is 2.33 bits per heavy atom. The molecule has 0 aliphatic carbocycles. The second-order valence-corrected chi connectivity index (χ2v) is 4.89. The van der Waals surface area contributed by atoms with Gasteiger partial charge < -0.3 is 10.3 Å². The molecule has 2 N–H and O–H groups in total. The minimum absolute atomic E-state index is 0.383. The minimum Gasteiger partial charge on any atom is -0.330 e. The predicted molar refractivity (Wildman–Crippen MR) is 62.4 cm³/mol. The molecule has 1 aliphatic heterocycles. The average molecular weight is 228 g/mol. The lowest BCUT2D eigenvalue weighted by Crippen LogP contribution is -2.22. The van der Waals surface area contributed by atoms with Crippen molar-refractivity contribution in [2.75, 3.05) is 6.54 Å². The molecule has 15 heavy (non-hydrogen) atoms. The molecular formula is C11H18ClN3. The van der Waals surface area contributed by atoms with E-state index in [0.29, 0.717) is 18.4 Å². The van der Waals surface area contributed by atoms with Crippen molar-refractivity contribution in [2.45, 2.75) is 45.1 Å². The van der Waals surface area contributed by atoms with Gasteiger partial charge in [0, 0.05) is 19.0 Å². The van der Waals surface area contributed by atoms with Crippen molar-refractivity contribution in [3.8, 4) is 0 Å². The zero-order valence-corrected chi connectivity index (χ0v) is 10.1. The Kier molecular flexibility index (Phi) is 3.03. The maximum Gasteiger partial charge on any atom is 0.132 e. The molecule has 0 spiro atoms. The maximum absolute atomic E-state index is 6.32. The molecule has 4 heteroatoms. The number of fused-ring (bicyclic) bond motifs is 1. The molecule has 2 heterocycles. The van der Waals surface area contributed by atoms with Gasteiger partial charge in [-0.05, 0) is 18.8 Å². The second-order valence-electron chi connectivity index (χ2n) is 4.53. The van der Waals surface area contributed by atoms with Crippen LogP contribution in [-0.4, -0.2) is 16.1 Å². The van der Waals surface area contributed by atoms with Crippen LogP contribution in [0.25, 0.3) is 0 Å². The molecule has 1 atom stereocenters. The van der Waals surface area contributed by atoms with Crippen LogP contribution in [0.5, 0.6) is 0 Å². The van der Waals surface area contributed by atoms with Gasteiger partial charge in [0.2, 0.25) is 0 Å². The van der Waals surface area contributed by atoms with Crippen LogP contribution in [0.15, 0.2) is 0 Å². The van der Waals surface area contributed by atoms with Gasteiger partial charge >= 0.3 is 0 Å². The molecule has 0 fully saturated rings. The maximum atomic E-state index is 6.32. The van der Waals surface area contributed by atoms with Crippen LogP contribution in [-0.2, 0) is 6.54 Å². The standard InChI is InChI=1S/C11H18ClN3/c1-7(2)9-10(12)15-5-3-4-8(6-13)11(15)14-9/h7-8H,3-6,13H2,1-2H3. The lowest BCUT2D eigenvalue weighted by atomic mass is 9.99. The Morgan fingerprint density at radius 1 is 1.60 bits per heavy atom. The first kappa shape index (κ1) is 11.0. The molecule has 0 bridgehead atoms. The number of hydrogen-bond donors (Lipinski definition) is 1. The molecule has 84 valence electrons. The van der Waals surface area contributed by atoms with E-state index in [-0.39, 0.29) is 0 Å². The molecule has 1 aromatic heterocycles. The normalized spacial score (nSPS) is 20.7. The lowest BCUT2D eigenvalue weighted by Gasteiger charge is -2.22. The fraction of sp³-hybridized carbons (Fsp3) is 0.727. The zero-order chi connectivity index (χ0) is 11.0. The van der Waals surface area contributed by atoms with E-state index >= 15 is 0 Å². The van der Waals surface area contributed by atoms with E-state index in [2.05, 4.69) is 23.4 Å². The summed E-state index contributed by atoms with van der Waals surface area (Å²) in [5.74, 6) is 1.87. The van der Waals surface area contributed by atoms with Gasteiger partial charge in [-0.1, -0.05) is 25.4 Å². The first-order chi connectivity index (χ1) is 7.15. The Morgan fingerprint density at radius 3 is 2.93 bits per heavy atom. The van der Waals surface area contributed by atoms with E-state index in [1.807, 2.05) is 0 Å². The van der Waals surface area contributed by atoms with Gasteiger partial charge in [-0.15, -0.1) is 0 Å². The van der Waals surface area contributed by atoms with Crippen LogP contribution in [0.2, 0.25) is 5.15 Å². The summed E-state index contributed by atoms with van der Waals surface area (Å²) in [6, 6.07) is 0. The molecular weight excluding hydrogens is 210 g/mol. The van der Waals surface area contributed by atoms with Gasteiger partial charge in [0.1, 0.15) is 11.0 Å². The van der Waals surface area contributed by atoms with Crippen molar-refractivity contribution in [3.05, 3.63) is 16.7 Å². The molecule has 1 aliphatic rings. The number of rotatable bonds is 2. The number of aromatic nitrogens is 2. The van der Waals surface area contributed by atoms with Crippen LogP contribution in [0, 0.1) is 0 Å². The topological polar surface area (TPSA) is 43.8 Å². The van der Waals surface area contributed by atoms with Gasteiger partial charge in [0.25, 0.3) is 0 Å². The van der Waals surface area contributed by atoms with Crippen molar-refractivity contribution in [2.24, 2.45) is 5.73 Å². The van der Waals surface area contributed by atoms with Crippen LogP contribution < -0.4 is 5.73 Å². The third-order valence-corrected chi connectivity index (χ3v) is 3.49. The van der Waals surface area contributed by atoms with Crippen molar-refractivity contribution in [3.63, 3.8) is 0 Å². The molecule has 0 saturated heterocycles. The van der Waals surface area contributed by atoms with Crippen molar-refractivity contribution in [1.29, 1.82) is 0 Å². The van der Waals surface area contributed by atoms with Gasteiger partial charge in [0.15, 0.2) is 0 Å². The Bertz CT molecular complexity index is 357. The number of nitrogens with two attached hydrogens (primary N) is 1. The van der Waals surface area contributed by atoms with Gasteiger partial charge in [-0.2, -0.15) is 0 Å². The lowest BCUT2D eigenvalue weighted by molar-refractivity contribution is 0.448. The largest absolute Gasteiger partial charge is 0.330 e. The number of imidazole rings is 1. The van der Waals surface area contributed by atoms with E-state index in [1.54, 1.807) is 0 Å². The molecule has 2 rings (SSSR count). The first-order valence-electron chi connectivity index (χ1n) is 5.61. The SMILES string of the molecule is CC(C)c1nc2n(c1Cl)CCCC2CN. The summed E-state index contributed by atoms with van der Waals surface area (Å²) in [6.45, 7) is 5.91. The molecule has 0 amide bonds. The monoisotopic (exact) mass is 227 g/mol. The average Bonchev–Trinajstić information content (AvgIpc) is 2.56. The third kappa shape index (κ3) is 1.79. The summed E-state index contributed by atoms with van der Waals surface area (Å²) in [6.07, 6.45) is 2.30. The molecule has 1 unspecified atom stereocenters. The molecule has 1 aromatic rings. The zero-order valence-electron chi connectivity index (χ0n) is 9.33. The van der Waals surface area contributed by atoms with Gasteiger partial charge in [-0.3, -0.25) is 0 Å². The van der Waals surface area contributed by atoms with Gasteiger partial charge in [-0.25, -0.2) is 4.98 Å². The highest BCUT2D eigenvalue weighted by Gasteiger charge is 2.26. The molecule has 0 saturated carbocycles. The highest BCUT2D eigenvalue weighted by molar-refractivity contribution is 6.30. The fourth-order valence-corrected chi connectivity index (χ4v) is 2.64. The summed E-state index contributed by atoms with van der Waals surface area (Å²) in [5, 5.41) is 0.818. The summed E-state index contributed by atoms with van der Waals surface area (Å²) < 4.78 is 2.14. The van der Waals surface area contributed by atoms with Crippen molar-refractivity contribution in [1.82, 2.24) is 9.55 Å². The summed E-state index contributed by atoms with van der Waals surface area (Å²) in [4.78, 5) is 4.65. The van der Waals surface area contributed by atoms with Crippen LogP contribution in [0.1, 0.15) is 50.0 Å². The Balaban J connectivity index is 2.45. The highest BCUT2D eigenvalue weighted by Crippen LogP contribution is 2.33. The highest BCUT2D eigenvalue weighted by atomic mass is 35.5. The minimum atomic E-state index is 0.383. The summed E-state index contributed by atoms with van der Waals surface area (Å²) in [7, 11) is 0. The molecule has 3 nitrogen and oxygen atoms in total. The third-order valence-electron chi connectivity index (χ3n) is 3.09. The first-order valence-corrected chi connectivity index (χ1v) is 5.98. The Hall–Kier alpha value is -0.540. The van der Waals surface area contributed by atoms with E-state index in [4.69, 9.17) is 17.3 Å². The second kappa shape index (κ2) is 4.14.